The highest BCUT2D eigenvalue weighted by Crippen LogP contribution is 2.43. The second-order valence-corrected chi connectivity index (χ2v) is 14.7. The minimum absolute atomic E-state index is 0.306. The molecule has 0 amide bonds. The van der Waals surface area contributed by atoms with Crippen LogP contribution in [0.2, 0.25) is 5.02 Å². The van der Waals surface area contributed by atoms with Crippen molar-refractivity contribution in [2.24, 2.45) is 0 Å². The Balaban J connectivity index is 1.18. The first-order valence-electron chi connectivity index (χ1n) is 18.2. The number of fused-ring (bicyclic) bond motifs is 3. The lowest BCUT2D eigenvalue weighted by Gasteiger charge is -2.17. The lowest BCUT2D eigenvalue weighted by molar-refractivity contribution is 0.0587. The van der Waals surface area contributed by atoms with Crippen LogP contribution in [0.25, 0.3) is 32.8 Å². The maximum atomic E-state index is 14.4. The Labute approximate surface area is 328 Å². The summed E-state index contributed by atoms with van der Waals surface area (Å²) in [6, 6.07) is 20.5. The summed E-state index contributed by atoms with van der Waals surface area (Å²) >= 11 is 8.73. The number of rotatable bonds is 16. The zero-order valence-electron chi connectivity index (χ0n) is 31.4. The molecule has 0 saturated carbocycles. The van der Waals surface area contributed by atoms with Crippen molar-refractivity contribution >= 4 is 51.0 Å². The van der Waals surface area contributed by atoms with Crippen molar-refractivity contribution in [1.29, 1.82) is 0 Å². The number of hydrogen-bond donors (Lipinski definition) is 1. The minimum Gasteiger partial charge on any atom is -0.497 e. The molecule has 0 fully saturated rings. The van der Waals surface area contributed by atoms with Crippen LogP contribution in [-0.4, -0.2) is 68.0 Å². The van der Waals surface area contributed by atoms with E-state index in [1.165, 1.54) is 19.2 Å². The zero-order valence-corrected chi connectivity index (χ0v) is 32.9. The number of hydrogen-bond acceptors (Lipinski definition) is 9. The Morgan fingerprint density at radius 3 is 2.65 bits per heavy atom. The van der Waals surface area contributed by atoms with Crippen molar-refractivity contribution in [3.05, 3.63) is 106 Å². The van der Waals surface area contributed by atoms with Gasteiger partial charge in [-0.2, -0.15) is 5.10 Å². The summed E-state index contributed by atoms with van der Waals surface area (Å²) in [5.41, 5.74) is 6.74. The van der Waals surface area contributed by atoms with Crippen LogP contribution in [-0.2, 0) is 46.2 Å². The van der Waals surface area contributed by atoms with Gasteiger partial charge in [0, 0.05) is 69.8 Å². The van der Waals surface area contributed by atoms with Gasteiger partial charge in [-0.15, -0.1) is 11.8 Å². The predicted octanol–water partition coefficient (Wildman–Crippen LogP) is 8.58. The van der Waals surface area contributed by atoms with Gasteiger partial charge in [0.15, 0.2) is 0 Å². The molecule has 1 aliphatic rings. The molecule has 13 heteroatoms. The molecule has 0 spiro atoms. The highest BCUT2D eigenvalue weighted by Gasteiger charge is 2.29. The Kier molecular flexibility index (Phi) is 12.3. The lowest BCUT2D eigenvalue weighted by atomic mass is 9.96. The largest absolute Gasteiger partial charge is 0.497 e. The van der Waals surface area contributed by atoms with Crippen LogP contribution in [0.5, 0.6) is 11.5 Å². The van der Waals surface area contributed by atoms with Gasteiger partial charge in [-0.1, -0.05) is 23.7 Å². The number of thioether (sulfide) groups is 1. The van der Waals surface area contributed by atoms with Crippen LogP contribution >= 0.6 is 23.4 Å². The molecule has 7 rings (SSSR count). The molecule has 3 heterocycles. The molecule has 1 aliphatic heterocycles. The highest BCUT2D eigenvalue weighted by molar-refractivity contribution is 7.98. The fourth-order valence-electron chi connectivity index (χ4n) is 7.22. The first kappa shape index (κ1) is 38.7. The second-order valence-electron chi connectivity index (χ2n) is 13.3. The summed E-state index contributed by atoms with van der Waals surface area (Å²) in [5, 5.41) is 11.4. The van der Waals surface area contributed by atoms with E-state index in [1.807, 2.05) is 64.7 Å². The molecule has 0 radical (unpaired) electrons. The fraction of sp³-hybridized carbons (Fsp3) is 0.333. The van der Waals surface area contributed by atoms with E-state index in [4.69, 9.17) is 40.4 Å². The molecule has 0 aliphatic carbocycles. The molecular formula is C42H44ClFN4O6S. The summed E-state index contributed by atoms with van der Waals surface area (Å²) in [5.74, 6) is 1.46. The number of carbonyl (C=O) groups excluding carboxylic acids is 1. The van der Waals surface area contributed by atoms with Crippen LogP contribution in [0.1, 0.15) is 39.4 Å². The third-order valence-corrected chi connectivity index (χ3v) is 11.2. The number of nitrogens with one attached hydrogen (secondary N) is 1. The fourth-order valence-corrected chi connectivity index (χ4v) is 8.40. The summed E-state index contributed by atoms with van der Waals surface area (Å²) < 4.78 is 46.6. The average molecular weight is 787 g/mol. The Hall–Kier alpha value is -4.59. The molecule has 0 atom stereocenters. The van der Waals surface area contributed by atoms with E-state index in [1.54, 1.807) is 32.0 Å². The van der Waals surface area contributed by atoms with Gasteiger partial charge in [0.1, 0.15) is 23.0 Å². The van der Waals surface area contributed by atoms with Crippen molar-refractivity contribution in [3.8, 4) is 22.6 Å². The molecule has 6 aromatic rings. The third-order valence-electron chi connectivity index (χ3n) is 9.84. The summed E-state index contributed by atoms with van der Waals surface area (Å²) in [6.45, 7) is 6.11. The summed E-state index contributed by atoms with van der Waals surface area (Å²) in [6.07, 6.45) is 0.572. The van der Waals surface area contributed by atoms with Gasteiger partial charge < -0.3 is 33.6 Å². The van der Waals surface area contributed by atoms with Gasteiger partial charge in [-0.25, -0.2) is 9.18 Å². The summed E-state index contributed by atoms with van der Waals surface area (Å²) in [7, 11) is 4.71. The lowest BCUT2D eigenvalue weighted by Crippen LogP contribution is -2.19. The molecule has 288 valence electrons. The Morgan fingerprint density at radius 2 is 1.87 bits per heavy atom. The standard InChI is InChI=1S/C42H44ClFN4O6S/c1-26-38-35(13-12-33(43)39(38)40-34(23-45-14-18-50-2)46-48-16-19-53-24-36(40)48)47(41(26)42(49)52-4)15-5-17-54-37-22-31(21-28-20-29(44)8-11-32(28)37)55-25-27-6-9-30(51-3)10-7-27/h6-13,20-22,45H,5,14-19,23-25H2,1-4H3. The van der Waals surface area contributed by atoms with Gasteiger partial charge in [-0.05, 0) is 84.5 Å². The van der Waals surface area contributed by atoms with Gasteiger partial charge in [0.05, 0.1) is 58.6 Å². The monoisotopic (exact) mass is 786 g/mol. The highest BCUT2D eigenvalue weighted by atomic mass is 35.5. The topological polar surface area (TPSA) is 98.0 Å². The molecule has 0 bridgehead atoms. The van der Waals surface area contributed by atoms with Gasteiger partial charge >= 0.3 is 5.97 Å². The summed E-state index contributed by atoms with van der Waals surface area (Å²) in [4.78, 5) is 14.4. The van der Waals surface area contributed by atoms with Gasteiger partial charge in [0.25, 0.3) is 0 Å². The minimum atomic E-state index is -0.437. The first-order chi connectivity index (χ1) is 26.8. The smallest absolute Gasteiger partial charge is 0.354 e. The Morgan fingerprint density at radius 1 is 1.04 bits per heavy atom. The van der Waals surface area contributed by atoms with Crippen LogP contribution in [0, 0.1) is 12.7 Å². The number of benzene rings is 4. The van der Waals surface area contributed by atoms with Crippen LogP contribution in [0.15, 0.2) is 71.6 Å². The molecule has 10 nitrogen and oxygen atoms in total. The predicted molar refractivity (Wildman–Crippen MR) is 214 cm³/mol. The number of carbonyl (C=O) groups is 1. The number of esters is 1. The Bertz CT molecular complexity index is 2330. The number of aromatic nitrogens is 3. The maximum absolute atomic E-state index is 14.4. The molecule has 2 aromatic heterocycles. The zero-order chi connectivity index (χ0) is 38.5. The molecule has 0 saturated heterocycles. The van der Waals surface area contributed by atoms with Crippen molar-refractivity contribution in [2.45, 2.75) is 50.2 Å². The van der Waals surface area contributed by atoms with Crippen LogP contribution < -0.4 is 14.8 Å². The van der Waals surface area contributed by atoms with E-state index in [9.17, 15) is 9.18 Å². The number of ether oxygens (including phenoxy) is 5. The van der Waals surface area contributed by atoms with E-state index in [2.05, 4.69) is 5.32 Å². The number of halogens is 2. The van der Waals surface area contributed by atoms with E-state index in [0.717, 1.165) is 71.7 Å². The normalized spacial score (nSPS) is 12.7. The number of methoxy groups -OCH3 is 3. The quantitative estimate of drug-likeness (QED) is 0.0588. The molecule has 1 N–H and O–H groups in total. The molecule has 55 heavy (non-hydrogen) atoms. The molecule has 0 unspecified atom stereocenters. The number of nitrogens with zero attached hydrogens (tertiary/aromatic N) is 3. The van der Waals surface area contributed by atoms with E-state index < -0.39 is 5.97 Å². The van der Waals surface area contributed by atoms with Crippen LogP contribution in [0.3, 0.4) is 0 Å². The third kappa shape index (κ3) is 8.20. The van der Waals surface area contributed by atoms with Gasteiger partial charge in [0.2, 0.25) is 0 Å². The maximum Gasteiger partial charge on any atom is 0.354 e. The van der Waals surface area contributed by atoms with Crippen molar-refractivity contribution in [2.75, 3.05) is 47.7 Å². The number of aryl methyl sites for hydroxylation is 2. The van der Waals surface area contributed by atoms with Crippen molar-refractivity contribution < 1.29 is 32.9 Å². The van der Waals surface area contributed by atoms with E-state index in [0.29, 0.717) is 75.5 Å². The van der Waals surface area contributed by atoms with E-state index in [-0.39, 0.29) is 5.82 Å². The molecule has 4 aromatic carbocycles. The first-order valence-corrected chi connectivity index (χ1v) is 19.5. The van der Waals surface area contributed by atoms with Crippen LogP contribution in [0.4, 0.5) is 4.39 Å². The second kappa shape index (κ2) is 17.5. The van der Waals surface area contributed by atoms with Gasteiger partial charge in [-0.3, -0.25) is 4.68 Å². The molecular weight excluding hydrogens is 743 g/mol. The average Bonchev–Trinajstić information content (AvgIpc) is 3.70. The SMILES string of the molecule is COCCNCc1nn2c(c1-c1c(Cl)ccc3c1c(C)c(C(=O)OC)n3CCCOc1cc(SCc3ccc(OC)cc3)cc3cc(F)ccc13)COCC2. The van der Waals surface area contributed by atoms with Crippen molar-refractivity contribution in [3.63, 3.8) is 0 Å². The van der Waals surface area contributed by atoms with E-state index >= 15 is 0 Å². The van der Waals surface area contributed by atoms with Crippen molar-refractivity contribution in [1.82, 2.24) is 19.7 Å².